The fraction of sp³-hybridized carbons (Fsp3) is 0.500. The number of aromatic nitrogens is 2. The predicted octanol–water partition coefficient (Wildman–Crippen LogP) is 3.38. The van der Waals surface area contributed by atoms with Crippen molar-refractivity contribution in [3.05, 3.63) is 15.4 Å². The first-order valence-electron chi connectivity index (χ1n) is 5.03. The second-order valence-electron chi connectivity index (χ2n) is 3.51. The molecule has 1 heterocycles. The Morgan fingerprint density at radius 1 is 1.56 bits per heavy atom. The van der Waals surface area contributed by atoms with Gasteiger partial charge in [-0.3, -0.25) is 4.79 Å². The van der Waals surface area contributed by atoms with Gasteiger partial charge in [-0.2, -0.15) is 0 Å². The van der Waals surface area contributed by atoms with Crippen LogP contribution in [0.25, 0.3) is 0 Å². The molecule has 1 unspecified atom stereocenters. The molecule has 4 nitrogen and oxygen atoms in total. The Labute approximate surface area is 112 Å². The highest BCUT2D eigenvalue weighted by Gasteiger charge is 2.14. The van der Waals surface area contributed by atoms with E-state index in [2.05, 4.69) is 54.1 Å². The van der Waals surface area contributed by atoms with Gasteiger partial charge in [0.25, 0.3) is 0 Å². The van der Waals surface area contributed by atoms with E-state index in [1.807, 2.05) is 6.92 Å². The van der Waals surface area contributed by atoms with Gasteiger partial charge in [0.05, 0.1) is 6.20 Å². The molecule has 0 radical (unpaired) electrons. The van der Waals surface area contributed by atoms with Gasteiger partial charge in [0, 0.05) is 5.92 Å². The van der Waals surface area contributed by atoms with Gasteiger partial charge < -0.3 is 5.32 Å². The van der Waals surface area contributed by atoms with Crippen LogP contribution in [0, 0.1) is 5.92 Å². The normalized spacial score (nSPS) is 12.2. The van der Waals surface area contributed by atoms with E-state index < -0.39 is 0 Å². The summed E-state index contributed by atoms with van der Waals surface area (Å²) in [5, 5.41) is 2.74. The number of nitrogens with one attached hydrogen (secondary N) is 1. The number of amides is 1. The summed E-state index contributed by atoms with van der Waals surface area (Å²) in [6, 6.07) is 0. The van der Waals surface area contributed by atoms with E-state index in [1.165, 1.54) is 0 Å². The summed E-state index contributed by atoms with van der Waals surface area (Å²) in [5.74, 6) is 0.415. The molecule has 0 spiro atoms. The molecule has 0 bridgehead atoms. The van der Waals surface area contributed by atoms with Gasteiger partial charge in [-0.25, -0.2) is 9.97 Å². The first-order valence-corrected chi connectivity index (χ1v) is 6.62. The zero-order valence-corrected chi connectivity index (χ0v) is 12.3. The number of rotatable bonds is 4. The van der Waals surface area contributed by atoms with Crippen LogP contribution in [0.2, 0.25) is 0 Å². The molecule has 1 amide bonds. The minimum Gasteiger partial charge on any atom is -0.308 e. The van der Waals surface area contributed by atoms with Crippen LogP contribution in [0.3, 0.4) is 0 Å². The standard InChI is InChI=1S/C10H13Br2N3O/c1-3-4-6(2)10(16)15-9-8(12)14-7(11)5-13-9/h5-6H,3-4H2,1-2H3,(H,13,15,16). The molecule has 0 aliphatic carbocycles. The van der Waals surface area contributed by atoms with Crippen LogP contribution in [0.1, 0.15) is 26.7 Å². The average molecular weight is 351 g/mol. The van der Waals surface area contributed by atoms with Crippen molar-refractivity contribution in [2.24, 2.45) is 5.92 Å². The van der Waals surface area contributed by atoms with Crippen molar-refractivity contribution in [2.75, 3.05) is 5.32 Å². The molecule has 0 fully saturated rings. The van der Waals surface area contributed by atoms with Crippen LogP contribution >= 0.6 is 31.9 Å². The quantitative estimate of drug-likeness (QED) is 0.905. The van der Waals surface area contributed by atoms with E-state index in [0.29, 0.717) is 15.0 Å². The fourth-order valence-electron chi connectivity index (χ4n) is 1.23. The van der Waals surface area contributed by atoms with E-state index in [1.54, 1.807) is 6.20 Å². The molecule has 1 aromatic heterocycles. The number of hydrogen-bond donors (Lipinski definition) is 1. The molecule has 1 aromatic rings. The Morgan fingerprint density at radius 3 is 2.81 bits per heavy atom. The molecule has 1 N–H and O–H groups in total. The molecule has 1 atom stereocenters. The van der Waals surface area contributed by atoms with Crippen LogP contribution in [-0.4, -0.2) is 15.9 Å². The first-order chi connectivity index (χ1) is 7.54. The van der Waals surface area contributed by atoms with Crippen LogP contribution in [-0.2, 0) is 4.79 Å². The van der Waals surface area contributed by atoms with Crippen LogP contribution in [0.15, 0.2) is 15.4 Å². The summed E-state index contributed by atoms with van der Waals surface area (Å²) in [6.45, 7) is 3.96. The highest BCUT2D eigenvalue weighted by Crippen LogP contribution is 2.20. The Bertz CT molecular complexity index is 384. The number of anilines is 1. The largest absolute Gasteiger partial charge is 0.308 e. The second kappa shape index (κ2) is 6.30. The lowest BCUT2D eigenvalue weighted by atomic mass is 10.1. The zero-order chi connectivity index (χ0) is 12.1. The molecule has 0 saturated heterocycles. The van der Waals surface area contributed by atoms with Crippen molar-refractivity contribution in [1.82, 2.24) is 9.97 Å². The van der Waals surface area contributed by atoms with E-state index in [0.717, 1.165) is 12.8 Å². The summed E-state index contributed by atoms with van der Waals surface area (Å²) in [4.78, 5) is 19.9. The summed E-state index contributed by atoms with van der Waals surface area (Å²) < 4.78 is 1.15. The smallest absolute Gasteiger partial charge is 0.228 e. The zero-order valence-electron chi connectivity index (χ0n) is 9.13. The van der Waals surface area contributed by atoms with Crippen molar-refractivity contribution in [3.63, 3.8) is 0 Å². The Kier molecular flexibility index (Phi) is 5.34. The van der Waals surface area contributed by atoms with Gasteiger partial charge in [-0.05, 0) is 38.3 Å². The van der Waals surface area contributed by atoms with E-state index in [4.69, 9.17) is 0 Å². The molecular formula is C10H13Br2N3O. The number of carbonyl (C=O) groups excluding carboxylic acids is 1. The Morgan fingerprint density at radius 2 is 2.25 bits per heavy atom. The van der Waals surface area contributed by atoms with Gasteiger partial charge in [0.15, 0.2) is 5.82 Å². The molecular weight excluding hydrogens is 338 g/mol. The summed E-state index contributed by atoms with van der Waals surface area (Å²) in [7, 11) is 0. The molecule has 0 aliphatic rings. The lowest BCUT2D eigenvalue weighted by Gasteiger charge is -2.11. The van der Waals surface area contributed by atoms with Crippen LogP contribution < -0.4 is 5.32 Å². The maximum atomic E-state index is 11.7. The van der Waals surface area contributed by atoms with Gasteiger partial charge >= 0.3 is 0 Å². The summed E-state index contributed by atoms with van der Waals surface area (Å²) in [6.07, 6.45) is 3.40. The minimum absolute atomic E-state index is 0.0117. The van der Waals surface area contributed by atoms with E-state index in [9.17, 15) is 4.79 Å². The van der Waals surface area contributed by atoms with Crippen molar-refractivity contribution in [2.45, 2.75) is 26.7 Å². The third-order valence-electron chi connectivity index (χ3n) is 2.11. The molecule has 1 rings (SSSR count). The minimum atomic E-state index is -0.0285. The van der Waals surface area contributed by atoms with Gasteiger partial charge in [-0.1, -0.05) is 20.3 Å². The molecule has 16 heavy (non-hydrogen) atoms. The van der Waals surface area contributed by atoms with Gasteiger partial charge in [0.1, 0.15) is 9.21 Å². The lowest BCUT2D eigenvalue weighted by Crippen LogP contribution is -2.21. The number of halogens is 2. The Balaban J connectivity index is 2.69. The van der Waals surface area contributed by atoms with E-state index >= 15 is 0 Å². The number of carbonyl (C=O) groups is 1. The van der Waals surface area contributed by atoms with Crippen LogP contribution in [0.5, 0.6) is 0 Å². The van der Waals surface area contributed by atoms with Crippen molar-refractivity contribution in [1.29, 1.82) is 0 Å². The van der Waals surface area contributed by atoms with Crippen LogP contribution in [0.4, 0.5) is 5.82 Å². The van der Waals surface area contributed by atoms with Gasteiger partial charge in [-0.15, -0.1) is 0 Å². The molecule has 0 aliphatic heterocycles. The van der Waals surface area contributed by atoms with Crippen molar-refractivity contribution in [3.8, 4) is 0 Å². The fourth-order valence-corrected chi connectivity index (χ4v) is 2.14. The second-order valence-corrected chi connectivity index (χ2v) is 5.07. The summed E-state index contributed by atoms with van der Waals surface area (Å²) >= 11 is 6.45. The lowest BCUT2D eigenvalue weighted by molar-refractivity contribution is -0.119. The van der Waals surface area contributed by atoms with Crippen molar-refractivity contribution < 1.29 is 4.79 Å². The third-order valence-corrected chi connectivity index (χ3v) is 3.05. The topological polar surface area (TPSA) is 54.9 Å². The highest BCUT2D eigenvalue weighted by atomic mass is 79.9. The predicted molar refractivity (Wildman–Crippen MR) is 70.1 cm³/mol. The molecule has 6 heteroatoms. The van der Waals surface area contributed by atoms with E-state index in [-0.39, 0.29) is 11.8 Å². The maximum absolute atomic E-state index is 11.7. The molecule has 88 valence electrons. The highest BCUT2D eigenvalue weighted by molar-refractivity contribution is 9.11. The number of nitrogens with zero attached hydrogens (tertiary/aromatic N) is 2. The average Bonchev–Trinajstić information content (AvgIpc) is 2.22. The first kappa shape index (κ1) is 13.6. The Hall–Kier alpha value is -0.490. The van der Waals surface area contributed by atoms with Gasteiger partial charge in [0.2, 0.25) is 5.91 Å². The number of hydrogen-bond acceptors (Lipinski definition) is 3. The summed E-state index contributed by atoms with van der Waals surface area (Å²) in [5.41, 5.74) is 0. The van der Waals surface area contributed by atoms with Crippen molar-refractivity contribution >= 4 is 43.6 Å². The maximum Gasteiger partial charge on any atom is 0.228 e. The third kappa shape index (κ3) is 3.83. The molecule has 0 saturated carbocycles. The molecule has 0 aromatic carbocycles. The SMILES string of the molecule is CCCC(C)C(=O)Nc1ncc(Br)nc1Br. The monoisotopic (exact) mass is 349 g/mol.